The lowest BCUT2D eigenvalue weighted by atomic mass is 9.99. The number of benzene rings is 2. The van der Waals surface area contributed by atoms with Crippen molar-refractivity contribution in [3.05, 3.63) is 46.9 Å². The van der Waals surface area contributed by atoms with Gasteiger partial charge in [0.25, 0.3) is 10.0 Å². The molecular formula is C25H31N3O6S. The van der Waals surface area contributed by atoms with Crippen molar-refractivity contribution in [2.75, 3.05) is 31.2 Å². The summed E-state index contributed by atoms with van der Waals surface area (Å²) in [6.45, 7) is 2.88. The molecule has 2 aromatic rings. The van der Waals surface area contributed by atoms with E-state index in [1.807, 2.05) is 18.2 Å². The molecular weight excluding hydrogens is 470 g/mol. The van der Waals surface area contributed by atoms with Crippen molar-refractivity contribution in [3.63, 3.8) is 0 Å². The Kier molecular flexibility index (Phi) is 7.76. The van der Waals surface area contributed by atoms with E-state index >= 15 is 0 Å². The number of sulfonamides is 1. The number of nitrogens with zero attached hydrogens (tertiary/aromatic N) is 2. The summed E-state index contributed by atoms with van der Waals surface area (Å²) >= 11 is 0. The molecule has 0 amide bonds. The molecule has 0 unspecified atom stereocenters. The molecule has 4 rings (SSSR count). The van der Waals surface area contributed by atoms with Gasteiger partial charge >= 0.3 is 0 Å². The summed E-state index contributed by atoms with van der Waals surface area (Å²) in [5.74, 6) is 0. The van der Waals surface area contributed by atoms with Crippen molar-refractivity contribution in [1.82, 2.24) is 4.72 Å². The number of hydrogen-bond donors (Lipinski definition) is 4. The number of aliphatic hydroxyl groups is 3. The van der Waals surface area contributed by atoms with E-state index in [1.165, 1.54) is 24.9 Å². The summed E-state index contributed by atoms with van der Waals surface area (Å²) in [6, 6.07) is 12.4. The quantitative estimate of drug-likeness (QED) is 0.436. The van der Waals surface area contributed by atoms with Crippen molar-refractivity contribution in [3.8, 4) is 6.07 Å². The smallest absolute Gasteiger partial charge is 0.251 e. The molecule has 0 bridgehead atoms. The highest BCUT2D eigenvalue weighted by Crippen LogP contribution is 2.29. The first-order valence-corrected chi connectivity index (χ1v) is 13.2. The molecule has 4 N–H and O–H groups in total. The molecule has 0 aliphatic carbocycles. The van der Waals surface area contributed by atoms with E-state index < -0.39 is 45.9 Å². The predicted octanol–water partition coefficient (Wildman–Crippen LogP) is 1.49. The first-order chi connectivity index (χ1) is 16.7. The average molecular weight is 502 g/mol. The fourth-order valence-electron chi connectivity index (χ4n) is 4.70. The standard InChI is InChI=1S/C25H31N3O6S/c1-16(23(13-26)35(32,33)27-21-15-34-22(14-29)25(31)24(21)30)17-5-6-19-12-20(8-7-18(19)11-17)28-9-3-2-4-10-28/h5-8,11-12,21-22,24-25,27,29-31H,2-4,9-10,14-15H2,1H3/b23-16+/t21-,22+,24+,25+/m0/s1. The van der Waals surface area contributed by atoms with Crippen LogP contribution in [0.1, 0.15) is 31.7 Å². The molecule has 2 heterocycles. The molecule has 9 nitrogen and oxygen atoms in total. The second-order valence-electron chi connectivity index (χ2n) is 9.12. The fraction of sp³-hybridized carbons (Fsp3) is 0.480. The Labute approximate surface area is 205 Å². The van der Waals surface area contributed by atoms with Crippen LogP contribution in [-0.4, -0.2) is 74.4 Å². The van der Waals surface area contributed by atoms with Gasteiger partial charge in [-0.2, -0.15) is 5.26 Å². The normalized spacial score (nSPS) is 26.3. The maximum absolute atomic E-state index is 13.0. The van der Waals surface area contributed by atoms with Gasteiger partial charge in [0.05, 0.1) is 19.3 Å². The second kappa shape index (κ2) is 10.6. The third-order valence-corrected chi connectivity index (χ3v) is 8.36. The maximum Gasteiger partial charge on any atom is 0.251 e. The molecule has 2 saturated heterocycles. The number of nitriles is 1. The lowest BCUT2D eigenvalue weighted by Gasteiger charge is -2.36. The van der Waals surface area contributed by atoms with Crippen LogP contribution in [0.4, 0.5) is 5.69 Å². The van der Waals surface area contributed by atoms with Crippen molar-refractivity contribution in [2.24, 2.45) is 0 Å². The number of ether oxygens (including phenoxy) is 1. The Morgan fingerprint density at radius 2 is 1.80 bits per heavy atom. The van der Waals surface area contributed by atoms with Crippen LogP contribution in [0.25, 0.3) is 16.3 Å². The van der Waals surface area contributed by atoms with Gasteiger partial charge in [-0.15, -0.1) is 0 Å². The van der Waals surface area contributed by atoms with E-state index in [2.05, 4.69) is 21.8 Å². The third kappa shape index (κ3) is 5.35. The number of piperidine rings is 1. The fourth-order valence-corrected chi connectivity index (χ4v) is 6.06. The molecule has 2 aromatic carbocycles. The number of hydrogen-bond acceptors (Lipinski definition) is 8. The Balaban J connectivity index is 1.59. The monoisotopic (exact) mass is 501 g/mol. The van der Waals surface area contributed by atoms with E-state index in [-0.39, 0.29) is 12.2 Å². The number of anilines is 1. The summed E-state index contributed by atoms with van der Waals surface area (Å²) in [7, 11) is -4.33. The van der Waals surface area contributed by atoms with Crippen molar-refractivity contribution < 1.29 is 28.5 Å². The molecule has 2 aliphatic rings. The average Bonchev–Trinajstić information content (AvgIpc) is 2.87. The number of nitrogens with one attached hydrogen (secondary N) is 1. The minimum atomic E-state index is -4.33. The Morgan fingerprint density at radius 3 is 2.49 bits per heavy atom. The highest BCUT2D eigenvalue weighted by Gasteiger charge is 2.40. The number of fused-ring (bicyclic) bond motifs is 1. The Morgan fingerprint density at radius 1 is 1.11 bits per heavy atom. The number of rotatable bonds is 6. The molecule has 0 spiro atoms. The predicted molar refractivity (Wildman–Crippen MR) is 133 cm³/mol. The van der Waals surface area contributed by atoms with Gasteiger partial charge < -0.3 is 25.0 Å². The zero-order chi connectivity index (χ0) is 25.2. The zero-order valence-electron chi connectivity index (χ0n) is 19.6. The van der Waals surface area contributed by atoms with Gasteiger partial charge in [-0.1, -0.05) is 18.2 Å². The Bertz CT molecular complexity index is 1250. The zero-order valence-corrected chi connectivity index (χ0v) is 20.4. The summed E-state index contributed by atoms with van der Waals surface area (Å²) in [5.41, 5.74) is 2.02. The Hall–Kier alpha value is -2.52. The topological polar surface area (TPSA) is 143 Å². The molecule has 0 aromatic heterocycles. The van der Waals surface area contributed by atoms with Crippen LogP contribution < -0.4 is 9.62 Å². The molecule has 0 saturated carbocycles. The molecule has 188 valence electrons. The highest BCUT2D eigenvalue weighted by molar-refractivity contribution is 7.93. The van der Waals surface area contributed by atoms with Crippen LogP contribution in [0.3, 0.4) is 0 Å². The molecule has 4 atom stereocenters. The summed E-state index contributed by atoms with van der Waals surface area (Å²) in [4.78, 5) is 1.89. The molecule has 2 aliphatic heterocycles. The van der Waals surface area contributed by atoms with E-state index in [9.17, 15) is 29.0 Å². The lowest BCUT2D eigenvalue weighted by Crippen LogP contribution is -2.59. The van der Waals surface area contributed by atoms with Crippen molar-refractivity contribution in [2.45, 2.75) is 50.5 Å². The third-order valence-electron chi connectivity index (χ3n) is 6.81. The first kappa shape index (κ1) is 25.6. The van der Waals surface area contributed by atoms with E-state index in [0.29, 0.717) is 5.56 Å². The van der Waals surface area contributed by atoms with Crippen LogP contribution >= 0.6 is 0 Å². The van der Waals surface area contributed by atoms with E-state index in [0.717, 1.165) is 23.9 Å². The molecule has 2 fully saturated rings. The first-order valence-electron chi connectivity index (χ1n) is 11.8. The van der Waals surface area contributed by atoms with Crippen LogP contribution in [0, 0.1) is 11.3 Å². The second-order valence-corrected chi connectivity index (χ2v) is 10.8. The molecule has 10 heteroatoms. The van der Waals surface area contributed by atoms with Gasteiger partial charge in [0, 0.05) is 18.8 Å². The van der Waals surface area contributed by atoms with Gasteiger partial charge in [0.2, 0.25) is 0 Å². The number of aliphatic hydroxyl groups excluding tert-OH is 3. The SMILES string of the molecule is C/C(=C(/C#N)S(=O)(=O)N[C@H]1CO[C@H](CO)[C@@H](O)[C@@H]1O)c1ccc2cc(N3CCCCC3)ccc2c1. The highest BCUT2D eigenvalue weighted by atomic mass is 32.2. The molecule has 0 radical (unpaired) electrons. The van der Waals surface area contributed by atoms with Gasteiger partial charge in [-0.25, -0.2) is 13.1 Å². The minimum Gasteiger partial charge on any atom is -0.394 e. The minimum absolute atomic E-state index is 0.254. The molecule has 35 heavy (non-hydrogen) atoms. The summed E-state index contributed by atoms with van der Waals surface area (Å²) in [5, 5.41) is 41.2. The van der Waals surface area contributed by atoms with Crippen molar-refractivity contribution in [1.29, 1.82) is 5.26 Å². The summed E-state index contributed by atoms with van der Waals surface area (Å²) < 4.78 is 33.6. The lowest BCUT2D eigenvalue weighted by molar-refractivity contribution is -0.158. The van der Waals surface area contributed by atoms with Crippen molar-refractivity contribution >= 4 is 32.1 Å². The van der Waals surface area contributed by atoms with E-state index in [1.54, 1.807) is 19.1 Å². The van der Waals surface area contributed by atoms with E-state index in [4.69, 9.17) is 4.74 Å². The van der Waals surface area contributed by atoms with Gasteiger partial charge in [0.1, 0.15) is 24.4 Å². The van der Waals surface area contributed by atoms with Gasteiger partial charge in [-0.05, 0) is 66.3 Å². The van der Waals surface area contributed by atoms with Gasteiger partial charge in [0.15, 0.2) is 4.91 Å². The largest absolute Gasteiger partial charge is 0.394 e. The van der Waals surface area contributed by atoms with Gasteiger partial charge in [-0.3, -0.25) is 0 Å². The number of allylic oxidation sites excluding steroid dienone is 2. The van der Waals surface area contributed by atoms with Crippen LogP contribution in [0.15, 0.2) is 41.3 Å². The van der Waals surface area contributed by atoms with Crippen LogP contribution in [0.2, 0.25) is 0 Å². The van der Waals surface area contributed by atoms with Crippen LogP contribution in [-0.2, 0) is 14.8 Å². The maximum atomic E-state index is 13.0. The van der Waals surface area contributed by atoms with Crippen LogP contribution in [0.5, 0.6) is 0 Å². The summed E-state index contributed by atoms with van der Waals surface area (Å²) in [6.07, 6.45) is -0.338.